The molecule has 2 heterocycles. The molecule has 0 spiro atoms. The molecule has 1 amide bonds. The van der Waals surface area contributed by atoms with Crippen LogP contribution < -0.4 is 5.32 Å². The summed E-state index contributed by atoms with van der Waals surface area (Å²) in [4.78, 5) is 20.2. The van der Waals surface area contributed by atoms with Crippen molar-refractivity contribution >= 4 is 34.1 Å². The fourth-order valence-electron chi connectivity index (χ4n) is 5.74. The van der Waals surface area contributed by atoms with E-state index in [1.54, 1.807) is 0 Å². The van der Waals surface area contributed by atoms with E-state index in [0.717, 1.165) is 70.2 Å². The maximum atomic E-state index is 13.5. The number of aliphatic hydroxyl groups is 1. The fraction of sp³-hybridized carbons (Fsp3) is 0.312. The maximum absolute atomic E-state index is 13.5. The van der Waals surface area contributed by atoms with Crippen molar-refractivity contribution in [2.45, 2.75) is 57.2 Å². The molecule has 0 unspecified atom stereocenters. The van der Waals surface area contributed by atoms with E-state index in [1.165, 1.54) is 0 Å². The molecule has 0 saturated heterocycles. The minimum Gasteiger partial charge on any atom is -0.390 e. The molecular formula is C32H32ClN3O2. The number of nitrogens with one attached hydrogen (secondary N) is 1. The molecule has 4 aromatic rings. The summed E-state index contributed by atoms with van der Waals surface area (Å²) in [6, 6.07) is 24.6. The van der Waals surface area contributed by atoms with Crippen molar-refractivity contribution in [3.05, 3.63) is 94.6 Å². The number of nitrogens with zero attached hydrogens (tertiary/aromatic N) is 2. The number of hydrogen-bond acceptors (Lipinski definition) is 4. The van der Waals surface area contributed by atoms with Crippen LogP contribution in [0.5, 0.6) is 0 Å². The minimum absolute atomic E-state index is 0.0592. The molecule has 1 fully saturated rings. The Morgan fingerprint density at radius 3 is 2.68 bits per heavy atom. The fourth-order valence-corrected chi connectivity index (χ4v) is 5.98. The average Bonchev–Trinajstić information content (AvgIpc) is 3.25. The van der Waals surface area contributed by atoms with Gasteiger partial charge in [-0.2, -0.15) is 0 Å². The number of fused-ring (bicyclic) bond motifs is 2. The highest BCUT2D eigenvalue weighted by atomic mass is 35.5. The van der Waals surface area contributed by atoms with Gasteiger partial charge in [-0.05, 0) is 73.6 Å². The van der Waals surface area contributed by atoms with Gasteiger partial charge in [-0.3, -0.25) is 9.78 Å². The molecule has 5 nitrogen and oxygen atoms in total. The van der Waals surface area contributed by atoms with Gasteiger partial charge in [-0.25, -0.2) is 0 Å². The van der Waals surface area contributed by atoms with Crippen LogP contribution in [0.15, 0.2) is 72.8 Å². The first kappa shape index (κ1) is 24.9. The number of halogens is 1. The van der Waals surface area contributed by atoms with Gasteiger partial charge in [0, 0.05) is 36.6 Å². The summed E-state index contributed by atoms with van der Waals surface area (Å²) < 4.78 is 0. The smallest absolute Gasteiger partial charge is 0.255 e. The van der Waals surface area contributed by atoms with Gasteiger partial charge in [-0.15, -0.1) is 0 Å². The third-order valence-corrected chi connectivity index (χ3v) is 8.32. The molecule has 1 aliphatic heterocycles. The quantitative estimate of drug-likeness (QED) is 0.288. The number of anilines is 1. The Labute approximate surface area is 228 Å². The lowest BCUT2D eigenvalue weighted by Gasteiger charge is -2.34. The van der Waals surface area contributed by atoms with Gasteiger partial charge in [0.15, 0.2) is 0 Å². The molecule has 0 bridgehead atoms. The van der Waals surface area contributed by atoms with E-state index in [0.29, 0.717) is 30.6 Å². The zero-order valence-corrected chi connectivity index (χ0v) is 22.3. The van der Waals surface area contributed by atoms with E-state index >= 15 is 0 Å². The van der Waals surface area contributed by atoms with E-state index in [9.17, 15) is 9.90 Å². The standard InChI is InChI=1S/C32H32ClN3O2/c1-32(38)16-13-25(14-17-32)35-29-12-10-22(19-27(29)33)26-7-4-6-23-20-36(31(37)30(23)26)18-15-24-11-9-21-5-2-3-8-28(21)34-24/h2-12,19,25,35,38H,13-18,20H2,1H3. The van der Waals surface area contributed by atoms with Crippen LogP contribution in [-0.2, 0) is 13.0 Å². The van der Waals surface area contributed by atoms with Crippen molar-refractivity contribution in [2.75, 3.05) is 11.9 Å². The number of rotatable bonds is 6. The largest absolute Gasteiger partial charge is 0.390 e. The van der Waals surface area contributed by atoms with Crippen LogP contribution in [-0.4, -0.2) is 39.1 Å². The van der Waals surface area contributed by atoms with Crippen molar-refractivity contribution in [2.24, 2.45) is 0 Å². The second-order valence-corrected chi connectivity index (χ2v) is 11.3. The number of amides is 1. The van der Waals surface area contributed by atoms with Crippen LogP contribution in [0.2, 0.25) is 5.02 Å². The first-order chi connectivity index (χ1) is 18.4. The second-order valence-electron chi connectivity index (χ2n) is 10.9. The second kappa shape index (κ2) is 10.0. The number of carbonyl (C=O) groups excluding carboxylic acids is 1. The Morgan fingerprint density at radius 1 is 1.05 bits per heavy atom. The lowest BCUT2D eigenvalue weighted by Crippen LogP contribution is -2.35. The molecule has 1 saturated carbocycles. The van der Waals surface area contributed by atoms with Crippen molar-refractivity contribution in [1.82, 2.24) is 9.88 Å². The molecule has 194 valence electrons. The van der Waals surface area contributed by atoms with Gasteiger partial charge in [0.05, 0.1) is 27.4 Å². The SMILES string of the molecule is CC1(O)CCC(Nc2ccc(-c3cccc4c3C(=O)N(CCc3ccc5ccccc5n3)C4)cc2Cl)CC1. The first-order valence-electron chi connectivity index (χ1n) is 13.4. The van der Waals surface area contributed by atoms with E-state index in [-0.39, 0.29) is 5.91 Å². The van der Waals surface area contributed by atoms with Crippen LogP contribution in [0, 0.1) is 0 Å². The van der Waals surface area contributed by atoms with Crippen LogP contribution in [0.3, 0.4) is 0 Å². The summed E-state index contributed by atoms with van der Waals surface area (Å²) in [5, 5.41) is 15.6. The van der Waals surface area contributed by atoms with Crippen LogP contribution >= 0.6 is 11.6 Å². The van der Waals surface area contributed by atoms with Gasteiger partial charge >= 0.3 is 0 Å². The Hall–Kier alpha value is -3.41. The number of para-hydroxylation sites is 1. The van der Waals surface area contributed by atoms with Gasteiger partial charge in [-0.1, -0.05) is 60.1 Å². The molecule has 38 heavy (non-hydrogen) atoms. The lowest BCUT2D eigenvalue weighted by atomic mass is 9.83. The monoisotopic (exact) mass is 525 g/mol. The Balaban J connectivity index is 1.17. The molecule has 1 aliphatic carbocycles. The highest BCUT2D eigenvalue weighted by Crippen LogP contribution is 2.37. The maximum Gasteiger partial charge on any atom is 0.255 e. The van der Waals surface area contributed by atoms with Crippen molar-refractivity contribution in [3.8, 4) is 11.1 Å². The number of pyridine rings is 1. The van der Waals surface area contributed by atoms with Gasteiger partial charge in [0.2, 0.25) is 0 Å². The summed E-state index contributed by atoms with van der Waals surface area (Å²) in [6.07, 6.45) is 4.10. The molecule has 6 rings (SSSR count). The molecule has 2 N–H and O–H groups in total. The lowest BCUT2D eigenvalue weighted by molar-refractivity contribution is 0.0196. The minimum atomic E-state index is -0.564. The number of hydrogen-bond donors (Lipinski definition) is 2. The molecule has 1 aromatic heterocycles. The Bertz CT molecular complexity index is 1510. The van der Waals surface area contributed by atoms with Crippen molar-refractivity contribution < 1.29 is 9.90 Å². The molecular weight excluding hydrogens is 494 g/mol. The summed E-state index contributed by atoms with van der Waals surface area (Å²) >= 11 is 6.72. The van der Waals surface area contributed by atoms with Gasteiger partial charge < -0.3 is 15.3 Å². The van der Waals surface area contributed by atoms with Crippen LogP contribution in [0.1, 0.15) is 54.2 Å². The molecule has 0 radical (unpaired) electrons. The predicted molar refractivity (Wildman–Crippen MR) is 154 cm³/mol. The third kappa shape index (κ3) is 5.01. The van der Waals surface area contributed by atoms with Gasteiger partial charge in [0.1, 0.15) is 0 Å². The number of benzene rings is 3. The van der Waals surface area contributed by atoms with E-state index < -0.39 is 5.60 Å². The van der Waals surface area contributed by atoms with Crippen LogP contribution in [0.25, 0.3) is 22.0 Å². The highest BCUT2D eigenvalue weighted by Gasteiger charge is 2.31. The Morgan fingerprint density at radius 2 is 1.87 bits per heavy atom. The van der Waals surface area contributed by atoms with E-state index in [4.69, 9.17) is 16.6 Å². The Kier molecular flexibility index (Phi) is 6.58. The summed E-state index contributed by atoms with van der Waals surface area (Å²) in [5.41, 5.74) is 5.97. The highest BCUT2D eigenvalue weighted by molar-refractivity contribution is 6.33. The number of aromatic nitrogens is 1. The molecule has 3 aromatic carbocycles. The normalized spacial score (nSPS) is 21.1. The van der Waals surface area contributed by atoms with E-state index in [2.05, 4.69) is 23.5 Å². The van der Waals surface area contributed by atoms with Gasteiger partial charge in [0.25, 0.3) is 5.91 Å². The third-order valence-electron chi connectivity index (χ3n) is 8.01. The summed E-state index contributed by atoms with van der Waals surface area (Å²) in [6.45, 7) is 3.14. The van der Waals surface area contributed by atoms with Crippen molar-refractivity contribution in [3.63, 3.8) is 0 Å². The average molecular weight is 526 g/mol. The van der Waals surface area contributed by atoms with E-state index in [1.807, 2.05) is 66.4 Å². The number of carbonyl (C=O) groups is 1. The topological polar surface area (TPSA) is 65.5 Å². The zero-order chi connectivity index (χ0) is 26.3. The van der Waals surface area contributed by atoms with Crippen LogP contribution in [0.4, 0.5) is 5.69 Å². The summed E-state index contributed by atoms with van der Waals surface area (Å²) in [7, 11) is 0. The summed E-state index contributed by atoms with van der Waals surface area (Å²) in [5.74, 6) is 0.0592. The zero-order valence-electron chi connectivity index (χ0n) is 21.6. The first-order valence-corrected chi connectivity index (χ1v) is 13.8. The molecule has 0 atom stereocenters. The molecule has 2 aliphatic rings. The van der Waals surface area contributed by atoms with Crippen molar-refractivity contribution in [1.29, 1.82) is 0 Å². The molecule has 6 heteroatoms. The predicted octanol–water partition coefficient (Wildman–Crippen LogP) is 6.86.